The quantitative estimate of drug-likeness (QED) is 0.719. The number of anilines is 1. The molecule has 2 amide bonds. The van der Waals surface area contributed by atoms with Gasteiger partial charge in [-0.3, -0.25) is 9.59 Å². The molecular weight excluding hydrogens is 352 g/mol. The van der Waals surface area contributed by atoms with Gasteiger partial charge in [-0.25, -0.2) is 4.98 Å². The van der Waals surface area contributed by atoms with Gasteiger partial charge in [-0.05, 0) is 43.2 Å². The molecule has 1 N–H and O–H groups in total. The van der Waals surface area contributed by atoms with Crippen LogP contribution >= 0.6 is 0 Å². The standard InChI is InChI=1S/C22H24N4O2/c1-16-24-19-5-2-3-6-20(19)25(16)14-12-23-21(27)15-17-8-10-18(11-9-17)26-13-4-7-22(26)28/h2-3,5-6,8-11H,4,7,12-15H2,1H3,(H,23,27). The Hall–Kier alpha value is -3.15. The van der Waals surface area contributed by atoms with Gasteiger partial charge in [0.2, 0.25) is 11.8 Å². The number of imidazole rings is 1. The monoisotopic (exact) mass is 376 g/mol. The lowest BCUT2D eigenvalue weighted by Gasteiger charge is -2.16. The summed E-state index contributed by atoms with van der Waals surface area (Å²) in [5.74, 6) is 1.11. The molecule has 1 aliphatic rings. The van der Waals surface area contributed by atoms with Gasteiger partial charge in [0.05, 0.1) is 17.5 Å². The first kappa shape index (κ1) is 18.2. The fraction of sp³-hybridized carbons (Fsp3) is 0.318. The van der Waals surface area contributed by atoms with E-state index in [9.17, 15) is 9.59 Å². The van der Waals surface area contributed by atoms with Gasteiger partial charge in [-0.2, -0.15) is 0 Å². The van der Waals surface area contributed by atoms with Gasteiger partial charge in [0.15, 0.2) is 0 Å². The minimum atomic E-state index is -0.00734. The molecule has 0 saturated carbocycles. The molecule has 0 unspecified atom stereocenters. The van der Waals surface area contributed by atoms with Crippen LogP contribution in [0.5, 0.6) is 0 Å². The molecule has 3 aromatic rings. The summed E-state index contributed by atoms with van der Waals surface area (Å²) in [6.07, 6.45) is 1.86. The smallest absolute Gasteiger partial charge is 0.227 e. The minimum Gasteiger partial charge on any atom is -0.354 e. The average molecular weight is 376 g/mol. The molecule has 6 heteroatoms. The highest BCUT2D eigenvalue weighted by Crippen LogP contribution is 2.21. The van der Waals surface area contributed by atoms with Crippen molar-refractivity contribution in [1.82, 2.24) is 14.9 Å². The number of carbonyl (C=O) groups excluding carboxylic acids is 2. The van der Waals surface area contributed by atoms with Crippen LogP contribution in [0.15, 0.2) is 48.5 Å². The summed E-state index contributed by atoms with van der Waals surface area (Å²) in [6, 6.07) is 15.7. The lowest BCUT2D eigenvalue weighted by molar-refractivity contribution is -0.120. The lowest BCUT2D eigenvalue weighted by Crippen LogP contribution is -2.29. The van der Waals surface area contributed by atoms with E-state index in [0.717, 1.165) is 41.1 Å². The first-order valence-electron chi connectivity index (χ1n) is 9.70. The predicted octanol–water partition coefficient (Wildman–Crippen LogP) is 2.83. The van der Waals surface area contributed by atoms with E-state index in [-0.39, 0.29) is 11.8 Å². The molecule has 0 aliphatic carbocycles. The van der Waals surface area contributed by atoms with E-state index >= 15 is 0 Å². The molecule has 1 aliphatic heterocycles. The maximum absolute atomic E-state index is 12.3. The second-order valence-electron chi connectivity index (χ2n) is 7.14. The summed E-state index contributed by atoms with van der Waals surface area (Å²) in [7, 11) is 0. The van der Waals surface area contributed by atoms with Crippen LogP contribution in [-0.4, -0.2) is 34.5 Å². The van der Waals surface area contributed by atoms with Gasteiger partial charge in [0.25, 0.3) is 0 Å². The van der Waals surface area contributed by atoms with Crippen LogP contribution < -0.4 is 10.2 Å². The second-order valence-corrected chi connectivity index (χ2v) is 7.14. The van der Waals surface area contributed by atoms with Crippen molar-refractivity contribution in [3.63, 3.8) is 0 Å². The number of para-hydroxylation sites is 2. The maximum atomic E-state index is 12.3. The number of aryl methyl sites for hydroxylation is 1. The van der Waals surface area contributed by atoms with E-state index in [2.05, 4.69) is 14.9 Å². The molecule has 0 spiro atoms. The van der Waals surface area contributed by atoms with E-state index in [1.165, 1.54) is 0 Å². The number of fused-ring (bicyclic) bond motifs is 1. The molecule has 2 heterocycles. The molecule has 4 rings (SSSR count). The molecule has 1 fully saturated rings. The van der Waals surface area contributed by atoms with Gasteiger partial charge in [-0.1, -0.05) is 24.3 Å². The van der Waals surface area contributed by atoms with E-state index < -0.39 is 0 Å². The molecule has 6 nitrogen and oxygen atoms in total. The lowest BCUT2D eigenvalue weighted by atomic mass is 10.1. The van der Waals surface area contributed by atoms with Crippen molar-refractivity contribution in [1.29, 1.82) is 0 Å². The van der Waals surface area contributed by atoms with E-state index in [0.29, 0.717) is 25.9 Å². The maximum Gasteiger partial charge on any atom is 0.227 e. The van der Waals surface area contributed by atoms with E-state index in [1.54, 1.807) is 0 Å². The Balaban J connectivity index is 1.31. The fourth-order valence-electron chi connectivity index (χ4n) is 3.75. The number of hydrogen-bond donors (Lipinski definition) is 1. The molecule has 2 aromatic carbocycles. The molecular formula is C22H24N4O2. The summed E-state index contributed by atoms with van der Waals surface area (Å²) in [6.45, 7) is 4.00. The van der Waals surface area contributed by atoms with Crippen LogP contribution in [0.2, 0.25) is 0 Å². The molecule has 144 valence electrons. The Bertz CT molecular complexity index is 1010. The van der Waals surface area contributed by atoms with Crippen molar-refractivity contribution >= 4 is 28.5 Å². The Morgan fingerprint density at radius 1 is 1.14 bits per heavy atom. The van der Waals surface area contributed by atoms with Crippen molar-refractivity contribution in [3.8, 4) is 0 Å². The first-order valence-corrected chi connectivity index (χ1v) is 9.70. The SMILES string of the molecule is Cc1nc2ccccc2n1CCNC(=O)Cc1ccc(N2CCCC2=O)cc1. The number of benzene rings is 2. The molecule has 0 atom stereocenters. The number of rotatable bonds is 6. The van der Waals surface area contributed by atoms with Crippen molar-refractivity contribution in [2.75, 3.05) is 18.0 Å². The van der Waals surface area contributed by atoms with Gasteiger partial charge >= 0.3 is 0 Å². The third kappa shape index (κ3) is 3.76. The Labute approximate surface area is 164 Å². The number of hydrogen-bond acceptors (Lipinski definition) is 3. The zero-order chi connectivity index (χ0) is 19.5. The van der Waals surface area contributed by atoms with E-state index in [4.69, 9.17) is 0 Å². The number of aromatic nitrogens is 2. The summed E-state index contributed by atoms with van der Waals surface area (Å²) in [5, 5.41) is 2.99. The second kappa shape index (κ2) is 7.84. The first-order chi connectivity index (χ1) is 13.6. The summed E-state index contributed by atoms with van der Waals surface area (Å²) >= 11 is 0. The largest absolute Gasteiger partial charge is 0.354 e. The Kier molecular flexibility index (Phi) is 5.10. The molecule has 0 radical (unpaired) electrons. The highest BCUT2D eigenvalue weighted by Gasteiger charge is 2.21. The topological polar surface area (TPSA) is 67.2 Å². The molecule has 1 aromatic heterocycles. The van der Waals surface area contributed by atoms with Crippen molar-refractivity contribution < 1.29 is 9.59 Å². The third-order valence-corrected chi connectivity index (χ3v) is 5.19. The van der Waals surface area contributed by atoms with Crippen LogP contribution in [0.3, 0.4) is 0 Å². The van der Waals surface area contributed by atoms with Crippen molar-refractivity contribution in [3.05, 3.63) is 59.9 Å². The zero-order valence-corrected chi connectivity index (χ0v) is 16.0. The van der Waals surface area contributed by atoms with Crippen LogP contribution in [0.1, 0.15) is 24.2 Å². The zero-order valence-electron chi connectivity index (χ0n) is 16.0. The van der Waals surface area contributed by atoms with Crippen LogP contribution in [0, 0.1) is 6.92 Å². The number of nitrogens with one attached hydrogen (secondary N) is 1. The number of carbonyl (C=O) groups is 2. The highest BCUT2D eigenvalue weighted by atomic mass is 16.2. The Morgan fingerprint density at radius 2 is 1.93 bits per heavy atom. The number of amides is 2. The fourth-order valence-corrected chi connectivity index (χ4v) is 3.75. The minimum absolute atomic E-state index is 0.00734. The number of nitrogens with zero attached hydrogens (tertiary/aromatic N) is 3. The summed E-state index contributed by atoms with van der Waals surface area (Å²) < 4.78 is 2.12. The Morgan fingerprint density at radius 3 is 2.68 bits per heavy atom. The van der Waals surface area contributed by atoms with Gasteiger partial charge in [0, 0.05) is 31.7 Å². The van der Waals surface area contributed by atoms with Crippen LogP contribution in [0.4, 0.5) is 5.69 Å². The van der Waals surface area contributed by atoms with Gasteiger partial charge < -0.3 is 14.8 Å². The van der Waals surface area contributed by atoms with Crippen molar-refractivity contribution in [2.45, 2.75) is 32.7 Å². The molecule has 0 bridgehead atoms. The van der Waals surface area contributed by atoms with Crippen LogP contribution in [0.25, 0.3) is 11.0 Å². The average Bonchev–Trinajstić information content (AvgIpc) is 3.25. The third-order valence-electron chi connectivity index (χ3n) is 5.19. The van der Waals surface area contributed by atoms with Gasteiger partial charge in [-0.15, -0.1) is 0 Å². The summed E-state index contributed by atoms with van der Waals surface area (Å²) in [5.41, 5.74) is 3.91. The normalized spacial score (nSPS) is 14.0. The molecule has 28 heavy (non-hydrogen) atoms. The van der Waals surface area contributed by atoms with Gasteiger partial charge in [0.1, 0.15) is 5.82 Å². The summed E-state index contributed by atoms with van der Waals surface area (Å²) in [4.78, 5) is 30.5. The van der Waals surface area contributed by atoms with Crippen molar-refractivity contribution in [2.24, 2.45) is 0 Å². The highest BCUT2D eigenvalue weighted by molar-refractivity contribution is 5.95. The predicted molar refractivity (Wildman–Crippen MR) is 109 cm³/mol. The molecule has 1 saturated heterocycles. The van der Waals surface area contributed by atoms with Crippen LogP contribution in [-0.2, 0) is 22.6 Å². The van der Waals surface area contributed by atoms with E-state index in [1.807, 2.05) is 60.4 Å².